The molecule has 4 nitrogen and oxygen atoms in total. The predicted octanol–water partition coefficient (Wildman–Crippen LogP) is 1.82. The fourth-order valence-electron chi connectivity index (χ4n) is 2.37. The van der Waals surface area contributed by atoms with E-state index >= 15 is 0 Å². The first kappa shape index (κ1) is 11.5. The lowest BCUT2D eigenvalue weighted by atomic mass is 9.99. The second-order valence-corrected chi connectivity index (χ2v) is 4.82. The first-order chi connectivity index (χ1) is 7.74. The molecule has 0 spiro atoms. The van der Waals surface area contributed by atoms with Gasteiger partial charge in [-0.15, -0.1) is 0 Å². The van der Waals surface area contributed by atoms with Gasteiger partial charge in [0.1, 0.15) is 5.82 Å². The number of aliphatic hydroxyl groups is 1. The molecule has 4 heteroatoms. The molecular weight excluding hydrogens is 202 g/mol. The minimum absolute atomic E-state index is 0.248. The van der Waals surface area contributed by atoms with Gasteiger partial charge in [-0.05, 0) is 25.2 Å². The smallest absolute Gasteiger partial charge is 0.127 e. The molecule has 0 bridgehead atoms. The highest BCUT2D eigenvalue weighted by Gasteiger charge is 2.24. The second-order valence-electron chi connectivity index (χ2n) is 4.82. The van der Waals surface area contributed by atoms with Crippen LogP contribution in [0.5, 0.6) is 0 Å². The van der Waals surface area contributed by atoms with Crippen LogP contribution < -0.4 is 5.32 Å². The zero-order valence-electron chi connectivity index (χ0n) is 10.1. The third-order valence-corrected chi connectivity index (χ3v) is 3.29. The first-order valence-electron chi connectivity index (χ1n) is 6.15. The third kappa shape index (κ3) is 2.07. The van der Waals surface area contributed by atoms with Gasteiger partial charge >= 0.3 is 0 Å². The van der Waals surface area contributed by atoms with E-state index in [1.165, 1.54) is 11.4 Å². The van der Waals surface area contributed by atoms with Crippen LogP contribution in [0.25, 0.3) is 0 Å². The van der Waals surface area contributed by atoms with Crippen LogP contribution in [0.3, 0.4) is 0 Å². The van der Waals surface area contributed by atoms with Crippen LogP contribution in [0.15, 0.2) is 6.20 Å². The molecule has 2 rings (SSSR count). The maximum Gasteiger partial charge on any atom is 0.127 e. The van der Waals surface area contributed by atoms with E-state index in [4.69, 9.17) is 5.11 Å². The van der Waals surface area contributed by atoms with E-state index < -0.39 is 0 Å². The van der Waals surface area contributed by atoms with Gasteiger partial charge < -0.3 is 10.4 Å². The summed E-state index contributed by atoms with van der Waals surface area (Å²) in [7, 11) is 0. The minimum Gasteiger partial charge on any atom is -0.396 e. The molecule has 1 aliphatic heterocycles. The van der Waals surface area contributed by atoms with E-state index in [0.717, 1.165) is 25.8 Å². The fourth-order valence-corrected chi connectivity index (χ4v) is 2.37. The normalized spacial score (nSPS) is 19.6. The Hall–Kier alpha value is -1.03. The number of aromatic nitrogens is 2. The summed E-state index contributed by atoms with van der Waals surface area (Å²) in [5.74, 6) is 1.78. The molecule has 1 unspecified atom stereocenters. The maximum atomic E-state index is 8.86. The molecule has 16 heavy (non-hydrogen) atoms. The highest BCUT2D eigenvalue weighted by Crippen LogP contribution is 2.31. The van der Waals surface area contributed by atoms with Crippen molar-refractivity contribution in [3.8, 4) is 0 Å². The molecule has 2 heterocycles. The molecule has 0 fully saturated rings. The molecule has 0 saturated heterocycles. The van der Waals surface area contributed by atoms with Gasteiger partial charge in [0.15, 0.2) is 0 Å². The summed E-state index contributed by atoms with van der Waals surface area (Å²) in [6, 6.07) is 0.513. The van der Waals surface area contributed by atoms with Crippen LogP contribution >= 0.6 is 0 Å². The van der Waals surface area contributed by atoms with Gasteiger partial charge in [0.05, 0.1) is 12.2 Å². The molecule has 1 aromatic heterocycles. The molecule has 1 aliphatic rings. The van der Waals surface area contributed by atoms with Gasteiger partial charge in [-0.1, -0.05) is 13.8 Å². The average Bonchev–Trinajstić information content (AvgIpc) is 2.69. The molecule has 2 N–H and O–H groups in total. The van der Waals surface area contributed by atoms with Crippen molar-refractivity contribution in [1.82, 2.24) is 9.78 Å². The summed E-state index contributed by atoms with van der Waals surface area (Å²) in [4.78, 5) is 0. The number of nitrogens with one attached hydrogen (secondary N) is 1. The summed E-state index contributed by atoms with van der Waals surface area (Å²) >= 11 is 0. The van der Waals surface area contributed by atoms with Crippen LogP contribution in [0, 0.1) is 5.92 Å². The number of fused-ring (bicyclic) bond motifs is 1. The summed E-state index contributed by atoms with van der Waals surface area (Å²) in [5, 5.41) is 16.8. The maximum absolute atomic E-state index is 8.86. The Morgan fingerprint density at radius 1 is 1.62 bits per heavy atom. The van der Waals surface area contributed by atoms with Gasteiger partial charge in [-0.2, -0.15) is 5.10 Å². The Balaban J connectivity index is 2.20. The first-order valence-corrected chi connectivity index (χ1v) is 6.15. The molecule has 1 aromatic rings. The predicted molar refractivity (Wildman–Crippen MR) is 64.6 cm³/mol. The molecule has 1 atom stereocenters. The Morgan fingerprint density at radius 3 is 3.12 bits per heavy atom. The lowest BCUT2D eigenvalue weighted by Gasteiger charge is -2.29. The number of aliphatic hydroxyl groups excluding tert-OH is 1. The number of nitrogens with zero attached hydrogens (tertiary/aromatic N) is 2. The zero-order chi connectivity index (χ0) is 11.5. The van der Waals surface area contributed by atoms with Gasteiger partial charge in [0, 0.05) is 18.7 Å². The molecule has 0 saturated carbocycles. The summed E-state index contributed by atoms with van der Waals surface area (Å²) in [6.45, 7) is 5.77. The average molecular weight is 223 g/mol. The van der Waals surface area contributed by atoms with E-state index in [1.54, 1.807) is 0 Å². The van der Waals surface area contributed by atoms with Crippen molar-refractivity contribution in [2.45, 2.75) is 39.2 Å². The lowest BCUT2D eigenvalue weighted by Crippen LogP contribution is -2.27. The fraction of sp³-hybridized carbons (Fsp3) is 0.750. The largest absolute Gasteiger partial charge is 0.396 e. The number of hydrogen-bond acceptors (Lipinski definition) is 3. The number of hydrogen-bond donors (Lipinski definition) is 2. The van der Waals surface area contributed by atoms with Crippen molar-refractivity contribution in [2.75, 3.05) is 18.5 Å². The number of rotatable bonds is 4. The van der Waals surface area contributed by atoms with E-state index in [-0.39, 0.29) is 6.61 Å². The Labute approximate surface area is 96.7 Å². The van der Waals surface area contributed by atoms with Crippen molar-refractivity contribution >= 4 is 5.82 Å². The zero-order valence-corrected chi connectivity index (χ0v) is 10.1. The highest BCUT2D eigenvalue weighted by molar-refractivity contribution is 5.45. The van der Waals surface area contributed by atoms with Crippen molar-refractivity contribution < 1.29 is 5.11 Å². The standard InChI is InChI=1S/C12H21N3O/c1-9(2)11-5-6-13-12-10(4-3-7-16)8-14-15(11)12/h8-9,11,13,16H,3-7H2,1-2H3. The van der Waals surface area contributed by atoms with Crippen LogP contribution in [-0.2, 0) is 6.42 Å². The molecule has 0 radical (unpaired) electrons. The Kier molecular flexibility index (Phi) is 3.49. The van der Waals surface area contributed by atoms with E-state index in [0.29, 0.717) is 12.0 Å². The highest BCUT2D eigenvalue weighted by atomic mass is 16.2. The summed E-state index contributed by atoms with van der Waals surface area (Å²) < 4.78 is 2.13. The SMILES string of the molecule is CC(C)C1CCNc2c(CCCO)cnn21. The van der Waals surface area contributed by atoms with Gasteiger partial charge in [-0.3, -0.25) is 0 Å². The molecule has 0 amide bonds. The van der Waals surface area contributed by atoms with Crippen LogP contribution in [-0.4, -0.2) is 28.0 Å². The van der Waals surface area contributed by atoms with E-state index in [1.807, 2.05) is 6.20 Å². The molecular formula is C12H21N3O. The second kappa shape index (κ2) is 4.87. The van der Waals surface area contributed by atoms with Crippen molar-refractivity contribution in [3.05, 3.63) is 11.8 Å². The van der Waals surface area contributed by atoms with Crippen LogP contribution in [0.4, 0.5) is 5.82 Å². The van der Waals surface area contributed by atoms with Crippen molar-refractivity contribution in [3.63, 3.8) is 0 Å². The topological polar surface area (TPSA) is 50.1 Å². The van der Waals surface area contributed by atoms with E-state index in [2.05, 4.69) is 28.9 Å². The molecule has 90 valence electrons. The Bertz CT molecular complexity index is 346. The number of aryl methyl sites for hydroxylation is 1. The van der Waals surface area contributed by atoms with Crippen molar-refractivity contribution in [1.29, 1.82) is 0 Å². The molecule has 0 aromatic carbocycles. The van der Waals surface area contributed by atoms with E-state index in [9.17, 15) is 0 Å². The summed E-state index contributed by atoms with van der Waals surface area (Å²) in [6.07, 6.45) is 4.81. The monoisotopic (exact) mass is 223 g/mol. The summed E-state index contributed by atoms with van der Waals surface area (Å²) in [5.41, 5.74) is 1.24. The van der Waals surface area contributed by atoms with Crippen LogP contribution in [0.2, 0.25) is 0 Å². The minimum atomic E-state index is 0.248. The van der Waals surface area contributed by atoms with Crippen molar-refractivity contribution in [2.24, 2.45) is 5.92 Å². The third-order valence-electron chi connectivity index (χ3n) is 3.29. The van der Waals surface area contributed by atoms with Gasteiger partial charge in [-0.25, -0.2) is 4.68 Å². The molecule has 0 aliphatic carbocycles. The van der Waals surface area contributed by atoms with Crippen LogP contribution in [0.1, 0.15) is 38.3 Å². The lowest BCUT2D eigenvalue weighted by molar-refractivity contribution is 0.288. The quantitative estimate of drug-likeness (QED) is 0.818. The number of anilines is 1. The van der Waals surface area contributed by atoms with Gasteiger partial charge in [0.25, 0.3) is 0 Å². The van der Waals surface area contributed by atoms with Gasteiger partial charge in [0.2, 0.25) is 0 Å². The Morgan fingerprint density at radius 2 is 2.44 bits per heavy atom.